The maximum absolute atomic E-state index is 12.9. The molecule has 3 rings (SSSR count). The van der Waals surface area contributed by atoms with Crippen LogP contribution in [0.25, 0.3) is 5.57 Å². The van der Waals surface area contributed by atoms with Crippen LogP contribution in [0.1, 0.15) is 24.8 Å². The highest BCUT2D eigenvalue weighted by atomic mass is 32.2. The third-order valence-electron chi connectivity index (χ3n) is 3.30. The summed E-state index contributed by atoms with van der Waals surface area (Å²) in [6.07, 6.45) is 5.99. The lowest BCUT2D eigenvalue weighted by molar-refractivity contribution is 0.626. The molecule has 1 aliphatic rings. The van der Waals surface area contributed by atoms with Gasteiger partial charge in [0.15, 0.2) is 0 Å². The Hall–Kier alpha value is -1.54. The molecule has 0 atom stereocenters. The first kappa shape index (κ1) is 12.5. The molecule has 0 saturated heterocycles. The van der Waals surface area contributed by atoms with Gasteiger partial charge in [-0.05, 0) is 66.8 Å². The second-order valence-corrected chi connectivity index (χ2v) is 5.85. The SMILES string of the molecule is Fc1ccc(Sc2cccc(C3=CCCC3)c2)cc1. The van der Waals surface area contributed by atoms with Gasteiger partial charge in [-0.25, -0.2) is 4.39 Å². The minimum Gasteiger partial charge on any atom is -0.207 e. The van der Waals surface area contributed by atoms with E-state index in [0.717, 1.165) is 4.90 Å². The molecule has 0 amide bonds. The number of rotatable bonds is 3. The van der Waals surface area contributed by atoms with Crippen molar-refractivity contribution in [1.29, 1.82) is 0 Å². The van der Waals surface area contributed by atoms with Gasteiger partial charge in [-0.15, -0.1) is 0 Å². The molecule has 2 heteroatoms. The van der Waals surface area contributed by atoms with Gasteiger partial charge in [0.2, 0.25) is 0 Å². The molecule has 0 unspecified atom stereocenters. The van der Waals surface area contributed by atoms with Crippen LogP contribution in [0.4, 0.5) is 4.39 Å². The third-order valence-corrected chi connectivity index (χ3v) is 4.29. The van der Waals surface area contributed by atoms with Crippen LogP contribution in [0.2, 0.25) is 0 Å². The van der Waals surface area contributed by atoms with E-state index >= 15 is 0 Å². The summed E-state index contributed by atoms with van der Waals surface area (Å²) in [7, 11) is 0. The van der Waals surface area contributed by atoms with Crippen LogP contribution >= 0.6 is 11.8 Å². The van der Waals surface area contributed by atoms with Gasteiger partial charge < -0.3 is 0 Å². The van der Waals surface area contributed by atoms with E-state index in [1.165, 1.54) is 47.4 Å². The fourth-order valence-corrected chi connectivity index (χ4v) is 3.21. The molecule has 0 heterocycles. The zero-order valence-electron chi connectivity index (χ0n) is 10.6. The van der Waals surface area contributed by atoms with E-state index in [-0.39, 0.29) is 5.82 Å². The standard InChI is InChI=1S/C17H15FS/c18-15-8-10-16(11-9-15)19-17-7-3-6-14(12-17)13-4-1-2-5-13/h3-4,6-12H,1-2,5H2. The third kappa shape index (κ3) is 3.07. The van der Waals surface area contributed by atoms with E-state index < -0.39 is 0 Å². The molecular weight excluding hydrogens is 255 g/mol. The van der Waals surface area contributed by atoms with Crippen LogP contribution < -0.4 is 0 Å². The average molecular weight is 270 g/mol. The molecule has 0 N–H and O–H groups in total. The summed E-state index contributed by atoms with van der Waals surface area (Å²) in [5.74, 6) is -0.186. The van der Waals surface area contributed by atoms with E-state index in [4.69, 9.17) is 0 Å². The van der Waals surface area contributed by atoms with Gasteiger partial charge in [0.1, 0.15) is 5.82 Å². The van der Waals surface area contributed by atoms with Crippen molar-refractivity contribution in [3.8, 4) is 0 Å². The molecule has 0 radical (unpaired) electrons. The van der Waals surface area contributed by atoms with Crippen molar-refractivity contribution < 1.29 is 4.39 Å². The molecule has 0 aliphatic heterocycles. The number of hydrogen-bond donors (Lipinski definition) is 0. The van der Waals surface area contributed by atoms with Crippen LogP contribution in [0.15, 0.2) is 64.4 Å². The number of allylic oxidation sites excluding steroid dienone is 2. The largest absolute Gasteiger partial charge is 0.207 e. The Bertz CT molecular complexity index is 599. The first-order chi connectivity index (χ1) is 9.31. The fourth-order valence-electron chi connectivity index (χ4n) is 2.33. The number of hydrogen-bond acceptors (Lipinski definition) is 1. The van der Waals surface area contributed by atoms with Crippen molar-refractivity contribution in [2.45, 2.75) is 29.1 Å². The van der Waals surface area contributed by atoms with Gasteiger partial charge in [0, 0.05) is 9.79 Å². The summed E-state index contributed by atoms with van der Waals surface area (Å²) in [6.45, 7) is 0. The molecule has 0 fully saturated rings. The fraction of sp³-hybridized carbons (Fsp3) is 0.176. The summed E-state index contributed by atoms with van der Waals surface area (Å²) < 4.78 is 12.9. The van der Waals surface area contributed by atoms with E-state index in [9.17, 15) is 4.39 Å². The van der Waals surface area contributed by atoms with Gasteiger partial charge in [0.25, 0.3) is 0 Å². The Balaban J connectivity index is 1.81. The van der Waals surface area contributed by atoms with Gasteiger partial charge in [-0.3, -0.25) is 0 Å². The monoisotopic (exact) mass is 270 g/mol. The first-order valence-electron chi connectivity index (χ1n) is 6.54. The molecule has 2 aromatic carbocycles. The van der Waals surface area contributed by atoms with Crippen molar-refractivity contribution in [3.63, 3.8) is 0 Å². The minimum atomic E-state index is -0.186. The van der Waals surface area contributed by atoms with Crippen LogP contribution in [-0.4, -0.2) is 0 Å². The lowest BCUT2D eigenvalue weighted by Crippen LogP contribution is -1.82. The van der Waals surface area contributed by atoms with Crippen molar-refractivity contribution >= 4 is 17.3 Å². The highest BCUT2D eigenvalue weighted by Crippen LogP contribution is 2.32. The Morgan fingerprint density at radius 3 is 2.53 bits per heavy atom. The van der Waals surface area contributed by atoms with Crippen LogP contribution in [-0.2, 0) is 0 Å². The van der Waals surface area contributed by atoms with Gasteiger partial charge in [-0.1, -0.05) is 30.0 Å². The van der Waals surface area contributed by atoms with Crippen molar-refractivity contribution in [2.24, 2.45) is 0 Å². The average Bonchev–Trinajstić information content (AvgIpc) is 2.96. The lowest BCUT2D eigenvalue weighted by Gasteiger charge is -2.06. The highest BCUT2D eigenvalue weighted by molar-refractivity contribution is 7.99. The predicted molar refractivity (Wildman–Crippen MR) is 78.8 cm³/mol. The zero-order valence-corrected chi connectivity index (χ0v) is 11.4. The van der Waals surface area contributed by atoms with Crippen LogP contribution in [0, 0.1) is 5.82 Å². The van der Waals surface area contributed by atoms with Gasteiger partial charge in [-0.2, -0.15) is 0 Å². The Kier molecular flexibility index (Phi) is 3.69. The summed E-state index contributed by atoms with van der Waals surface area (Å²) >= 11 is 1.68. The van der Waals surface area contributed by atoms with Gasteiger partial charge >= 0.3 is 0 Å². The minimum absolute atomic E-state index is 0.186. The van der Waals surface area contributed by atoms with E-state index in [0.29, 0.717) is 0 Å². The molecule has 0 saturated carbocycles. The molecule has 0 nitrogen and oxygen atoms in total. The number of benzene rings is 2. The van der Waals surface area contributed by atoms with Crippen molar-refractivity contribution in [3.05, 3.63) is 66.0 Å². The molecule has 0 bridgehead atoms. The summed E-state index contributed by atoms with van der Waals surface area (Å²) in [5.41, 5.74) is 2.78. The van der Waals surface area contributed by atoms with Gasteiger partial charge in [0.05, 0.1) is 0 Å². The molecular formula is C17H15FS. The van der Waals surface area contributed by atoms with Crippen LogP contribution in [0.5, 0.6) is 0 Å². The van der Waals surface area contributed by atoms with E-state index in [1.807, 2.05) is 12.1 Å². The lowest BCUT2D eigenvalue weighted by atomic mass is 10.1. The van der Waals surface area contributed by atoms with Crippen molar-refractivity contribution in [1.82, 2.24) is 0 Å². The van der Waals surface area contributed by atoms with Crippen LogP contribution in [0.3, 0.4) is 0 Å². The second kappa shape index (κ2) is 5.62. The Morgan fingerprint density at radius 1 is 0.947 bits per heavy atom. The highest BCUT2D eigenvalue weighted by Gasteiger charge is 2.08. The van der Waals surface area contributed by atoms with E-state index in [1.54, 1.807) is 11.8 Å². The molecule has 0 spiro atoms. The molecule has 1 aliphatic carbocycles. The maximum atomic E-state index is 12.9. The smallest absolute Gasteiger partial charge is 0.123 e. The second-order valence-electron chi connectivity index (χ2n) is 4.71. The maximum Gasteiger partial charge on any atom is 0.123 e. The molecule has 96 valence electrons. The predicted octanol–water partition coefficient (Wildman–Crippen LogP) is 5.54. The summed E-state index contributed by atoms with van der Waals surface area (Å²) in [4.78, 5) is 2.27. The van der Waals surface area contributed by atoms with E-state index in [2.05, 4.69) is 30.3 Å². The molecule has 0 aromatic heterocycles. The van der Waals surface area contributed by atoms with Crippen molar-refractivity contribution in [2.75, 3.05) is 0 Å². The molecule has 19 heavy (non-hydrogen) atoms. The Labute approximate surface area is 117 Å². The Morgan fingerprint density at radius 2 is 1.79 bits per heavy atom. The number of halogens is 1. The first-order valence-corrected chi connectivity index (χ1v) is 7.36. The quantitative estimate of drug-likeness (QED) is 0.705. The molecule has 2 aromatic rings. The summed E-state index contributed by atoms with van der Waals surface area (Å²) in [5, 5.41) is 0. The normalized spacial score (nSPS) is 14.5. The topological polar surface area (TPSA) is 0 Å². The zero-order chi connectivity index (χ0) is 13.1. The summed E-state index contributed by atoms with van der Waals surface area (Å²) in [6, 6.07) is 15.3.